The van der Waals surface area contributed by atoms with Crippen molar-refractivity contribution in [3.63, 3.8) is 0 Å². The molecule has 1 fully saturated rings. The summed E-state index contributed by atoms with van der Waals surface area (Å²) < 4.78 is 10.8. The van der Waals surface area contributed by atoms with Crippen molar-refractivity contribution in [3.05, 3.63) is 65.7 Å². The minimum atomic E-state index is -1.15. The minimum absolute atomic E-state index is 0.0779. The summed E-state index contributed by atoms with van der Waals surface area (Å²) in [5.41, 5.74) is 1.60. The quantitative estimate of drug-likeness (QED) is 0.390. The van der Waals surface area contributed by atoms with Gasteiger partial charge in [0.1, 0.15) is 5.75 Å². The van der Waals surface area contributed by atoms with Crippen LogP contribution in [0.1, 0.15) is 43.7 Å². The Morgan fingerprint density at radius 3 is 2.34 bits per heavy atom. The molecular formula is C25H28N2O5. The van der Waals surface area contributed by atoms with E-state index in [4.69, 9.17) is 9.47 Å². The van der Waals surface area contributed by atoms with Crippen molar-refractivity contribution in [2.45, 2.75) is 44.8 Å². The highest BCUT2D eigenvalue weighted by Gasteiger charge is 2.24. The molecule has 1 saturated carbocycles. The summed E-state index contributed by atoms with van der Waals surface area (Å²) in [7, 11) is 1.55. The van der Waals surface area contributed by atoms with Gasteiger partial charge in [0.15, 0.2) is 6.10 Å². The molecule has 0 saturated heterocycles. The van der Waals surface area contributed by atoms with Crippen LogP contribution in [0.4, 0.5) is 4.79 Å². The van der Waals surface area contributed by atoms with E-state index >= 15 is 0 Å². The number of benzene rings is 2. The van der Waals surface area contributed by atoms with Gasteiger partial charge in [-0.15, -0.1) is 0 Å². The molecule has 1 atom stereocenters. The van der Waals surface area contributed by atoms with Crippen molar-refractivity contribution in [2.75, 3.05) is 7.11 Å². The maximum atomic E-state index is 13.0. The summed E-state index contributed by atoms with van der Waals surface area (Å²) in [6.07, 6.45) is 4.44. The van der Waals surface area contributed by atoms with Gasteiger partial charge in [-0.1, -0.05) is 61.4 Å². The standard InChI is InChI=1S/C25H28N2O5/c1-17(23(28)27-25(30)26-20-13-7-8-14-20)32-24(29)21(18-10-4-3-5-11-18)16-19-12-6-9-15-22(19)31-2/h3-6,9-12,15-17,20H,7-8,13-14H2,1-2H3,(H2,26,27,28,30)/b21-16+. The number of urea groups is 1. The highest BCUT2D eigenvalue weighted by Crippen LogP contribution is 2.26. The largest absolute Gasteiger partial charge is 0.496 e. The van der Waals surface area contributed by atoms with Crippen molar-refractivity contribution in [1.82, 2.24) is 10.6 Å². The molecule has 32 heavy (non-hydrogen) atoms. The second-order valence-electron chi connectivity index (χ2n) is 7.66. The van der Waals surface area contributed by atoms with Crippen LogP contribution in [-0.4, -0.2) is 37.2 Å². The Bertz CT molecular complexity index is 981. The smallest absolute Gasteiger partial charge is 0.339 e. The maximum absolute atomic E-state index is 13.0. The number of hydrogen-bond acceptors (Lipinski definition) is 5. The van der Waals surface area contributed by atoms with Gasteiger partial charge in [-0.05, 0) is 37.5 Å². The Labute approximate surface area is 187 Å². The van der Waals surface area contributed by atoms with Gasteiger partial charge in [-0.3, -0.25) is 10.1 Å². The zero-order valence-corrected chi connectivity index (χ0v) is 18.3. The van der Waals surface area contributed by atoms with Gasteiger partial charge in [0, 0.05) is 11.6 Å². The SMILES string of the molecule is COc1ccccc1/C=C(/C(=O)OC(C)C(=O)NC(=O)NC1CCCC1)c1ccccc1. The van der Waals surface area contributed by atoms with Gasteiger partial charge < -0.3 is 14.8 Å². The van der Waals surface area contributed by atoms with Gasteiger partial charge in [0.2, 0.25) is 0 Å². The van der Waals surface area contributed by atoms with E-state index in [2.05, 4.69) is 10.6 Å². The van der Waals surface area contributed by atoms with Crippen LogP contribution in [0.25, 0.3) is 11.6 Å². The van der Waals surface area contributed by atoms with Crippen molar-refractivity contribution >= 4 is 29.6 Å². The first-order valence-electron chi connectivity index (χ1n) is 10.7. The van der Waals surface area contributed by atoms with Gasteiger partial charge in [0.25, 0.3) is 5.91 Å². The third kappa shape index (κ3) is 6.20. The summed E-state index contributed by atoms with van der Waals surface area (Å²) >= 11 is 0. The van der Waals surface area contributed by atoms with Gasteiger partial charge in [0.05, 0.1) is 12.7 Å². The monoisotopic (exact) mass is 436 g/mol. The average molecular weight is 437 g/mol. The summed E-state index contributed by atoms with van der Waals surface area (Å²) in [6, 6.07) is 15.8. The fourth-order valence-corrected chi connectivity index (χ4v) is 3.60. The number of esters is 1. The Balaban J connectivity index is 1.72. The number of carbonyl (C=O) groups excluding carboxylic acids is 3. The van der Waals surface area contributed by atoms with Crippen LogP contribution < -0.4 is 15.4 Å². The predicted octanol–water partition coefficient (Wildman–Crippen LogP) is 3.94. The number of rotatable bonds is 7. The maximum Gasteiger partial charge on any atom is 0.339 e. The minimum Gasteiger partial charge on any atom is -0.496 e. The first-order valence-corrected chi connectivity index (χ1v) is 10.7. The number of imide groups is 1. The first kappa shape index (κ1) is 23.1. The number of ether oxygens (including phenoxy) is 2. The Morgan fingerprint density at radius 2 is 1.66 bits per heavy atom. The normalized spacial score (nSPS) is 15.0. The zero-order valence-electron chi connectivity index (χ0n) is 18.3. The molecule has 0 aromatic heterocycles. The van der Waals surface area contributed by atoms with E-state index in [1.165, 1.54) is 6.92 Å². The van der Waals surface area contributed by atoms with E-state index < -0.39 is 24.0 Å². The number of nitrogens with one attached hydrogen (secondary N) is 2. The molecule has 2 N–H and O–H groups in total. The van der Waals surface area contributed by atoms with Gasteiger partial charge in [-0.2, -0.15) is 0 Å². The third-order valence-corrected chi connectivity index (χ3v) is 5.32. The molecule has 0 bridgehead atoms. The lowest BCUT2D eigenvalue weighted by Crippen LogP contribution is -2.47. The number of hydrogen-bond donors (Lipinski definition) is 2. The molecule has 1 aliphatic carbocycles. The number of methoxy groups -OCH3 is 1. The summed E-state index contributed by atoms with van der Waals surface area (Å²) in [5, 5.41) is 5.03. The van der Waals surface area contributed by atoms with E-state index in [1.807, 2.05) is 36.4 Å². The van der Waals surface area contributed by atoms with Crippen LogP contribution in [0.3, 0.4) is 0 Å². The molecule has 1 unspecified atom stereocenters. The Kier molecular flexibility index (Phi) is 8.02. The first-order chi connectivity index (χ1) is 15.5. The highest BCUT2D eigenvalue weighted by atomic mass is 16.5. The molecule has 1 aliphatic rings. The second-order valence-corrected chi connectivity index (χ2v) is 7.66. The van der Waals surface area contributed by atoms with Crippen LogP contribution in [0.15, 0.2) is 54.6 Å². The zero-order chi connectivity index (χ0) is 22.9. The fourth-order valence-electron chi connectivity index (χ4n) is 3.60. The molecule has 2 aromatic carbocycles. The van der Waals surface area contributed by atoms with E-state index in [9.17, 15) is 14.4 Å². The van der Waals surface area contributed by atoms with Gasteiger partial charge >= 0.3 is 12.0 Å². The molecule has 0 spiro atoms. The van der Waals surface area contributed by atoms with E-state index in [0.29, 0.717) is 16.9 Å². The molecule has 0 aliphatic heterocycles. The topological polar surface area (TPSA) is 93.7 Å². The van der Waals surface area contributed by atoms with Crippen molar-refractivity contribution in [2.24, 2.45) is 0 Å². The molecular weight excluding hydrogens is 408 g/mol. The Hall–Kier alpha value is -3.61. The lowest BCUT2D eigenvalue weighted by atomic mass is 10.0. The molecule has 3 amide bonds. The lowest BCUT2D eigenvalue weighted by Gasteiger charge is -2.17. The summed E-state index contributed by atoms with van der Waals surface area (Å²) in [6.45, 7) is 1.43. The summed E-state index contributed by atoms with van der Waals surface area (Å²) in [4.78, 5) is 37.5. The fraction of sp³-hybridized carbons (Fsp3) is 0.320. The molecule has 0 heterocycles. The number of carbonyl (C=O) groups is 3. The highest BCUT2D eigenvalue weighted by molar-refractivity contribution is 6.22. The molecule has 2 aromatic rings. The van der Waals surface area contributed by atoms with Crippen LogP contribution in [0, 0.1) is 0 Å². The second kappa shape index (κ2) is 11.1. The van der Waals surface area contributed by atoms with Crippen molar-refractivity contribution in [3.8, 4) is 5.75 Å². The van der Waals surface area contributed by atoms with Crippen molar-refractivity contribution in [1.29, 1.82) is 0 Å². The van der Waals surface area contributed by atoms with Crippen LogP contribution in [-0.2, 0) is 14.3 Å². The lowest BCUT2D eigenvalue weighted by molar-refractivity contribution is -0.148. The molecule has 7 nitrogen and oxygen atoms in total. The van der Waals surface area contributed by atoms with Gasteiger partial charge in [-0.25, -0.2) is 9.59 Å². The van der Waals surface area contributed by atoms with E-state index in [-0.39, 0.29) is 11.6 Å². The van der Waals surface area contributed by atoms with E-state index in [0.717, 1.165) is 25.7 Å². The van der Waals surface area contributed by atoms with Crippen LogP contribution in [0.5, 0.6) is 5.75 Å². The molecule has 7 heteroatoms. The molecule has 3 rings (SSSR count). The van der Waals surface area contributed by atoms with E-state index in [1.54, 1.807) is 31.4 Å². The predicted molar refractivity (Wildman–Crippen MR) is 122 cm³/mol. The molecule has 0 radical (unpaired) electrons. The van der Waals surface area contributed by atoms with Crippen LogP contribution >= 0.6 is 0 Å². The third-order valence-electron chi connectivity index (χ3n) is 5.32. The summed E-state index contributed by atoms with van der Waals surface area (Å²) in [5.74, 6) is -0.761. The number of para-hydroxylation sites is 1. The number of amides is 3. The van der Waals surface area contributed by atoms with Crippen LogP contribution in [0.2, 0.25) is 0 Å². The van der Waals surface area contributed by atoms with Crippen molar-refractivity contribution < 1.29 is 23.9 Å². The average Bonchev–Trinajstić information content (AvgIpc) is 3.30. The molecule has 168 valence electrons. The Morgan fingerprint density at radius 1 is 1.00 bits per heavy atom.